The number of hydrogen-bond acceptors (Lipinski definition) is 5. The molecule has 1 aliphatic rings. The third kappa shape index (κ3) is 2.99. The highest BCUT2D eigenvalue weighted by molar-refractivity contribution is 5.63. The summed E-state index contributed by atoms with van der Waals surface area (Å²) in [5.74, 6) is 0.926. The molecule has 2 aromatic rings. The van der Waals surface area contributed by atoms with Crippen molar-refractivity contribution in [3.8, 4) is 11.6 Å². The summed E-state index contributed by atoms with van der Waals surface area (Å²) < 4.78 is 5.62. The van der Waals surface area contributed by atoms with Crippen LogP contribution in [-0.2, 0) is 0 Å². The summed E-state index contributed by atoms with van der Waals surface area (Å²) in [6.45, 7) is 0. The molecule has 6 heteroatoms. The Morgan fingerprint density at radius 1 is 1.23 bits per heavy atom. The van der Waals surface area contributed by atoms with E-state index in [9.17, 15) is 9.90 Å². The standard InChI is InChI=1S/C16H11N3O3/c20-15-14(16(21)18-10-17-15)19-11-6-8-13(9-7-11)22-12-4-2-1-3-5-12/h2,4-10,19H,(H2,17,18,20,21). The second-order valence-corrected chi connectivity index (χ2v) is 4.35. The SMILES string of the molecule is O=c1[nH]cnc(O)c1Nc1ccc(OC2=CC=C=C=C2)cc1. The highest BCUT2D eigenvalue weighted by Gasteiger charge is 2.07. The minimum absolute atomic E-state index is 0.00985. The molecule has 0 atom stereocenters. The van der Waals surface area contributed by atoms with Crippen molar-refractivity contribution >= 4 is 11.4 Å². The minimum Gasteiger partial charge on any atom is -0.492 e. The van der Waals surface area contributed by atoms with Gasteiger partial charge in [-0.1, -0.05) is 11.5 Å². The highest BCUT2D eigenvalue weighted by atomic mass is 16.5. The summed E-state index contributed by atoms with van der Waals surface area (Å²) in [7, 11) is 0. The summed E-state index contributed by atoms with van der Waals surface area (Å²) >= 11 is 0. The lowest BCUT2D eigenvalue weighted by Crippen LogP contribution is -2.11. The molecule has 0 saturated heterocycles. The maximum atomic E-state index is 11.6. The first-order valence-electron chi connectivity index (χ1n) is 6.42. The smallest absolute Gasteiger partial charge is 0.278 e. The van der Waals surface area contributed by atoms with Gasteiger partial charge in [-0.2, -0.15) is 0 Å². The summed E-state index contributed by atoms with van der Waals surface area (Å²) in [5.41, 5.74) is 5.75. The summed E-state index contributed by atoms with van der Waals surface area (Å²) in [6, 6.07) is 6.92. The van der Waals surface area contributed by atoms with E-state index in [-0.39, 0.29) is 11.6 Å². The summed E-state index contributed by atoms with van der Waals surface area (Å²) in [4.78, 5) is 17.6. The normalized spacial score (nSPS) is 12.1. The van der Waals surface area contributed by atoms with Gasteiger partial charge < -0.3 is 20.1 Å². The lowest BCUT2D eigenvalue weighted by molar-refractivity contribution is 0.444. The molecule has 0 amide bonds. The predicted molar refractivity (Wildman–Crippen MR) is 81.1 cm³/mol. The number of allylic oxidation sites excluding steroid dienone is 3. The quantitative estimate of drug-likeness (QED) is 0.753. The second kappa shape index (κ2) is 5.89. The lowest BCUT2D eigenvalue weighted by atomic mass is 10.3. The maximum absolute atomic E-state index is 11.6. The molecule has 0 spiro atoms. The Kier molecular flexibility index (Phi) is 3.62. The zero-order valence-electron chi connectivity index (χ0n) is 11.3. The third-order valence-electron chi connectivity index (χ3n) is 2.82. The van der Waals surface area contributed by atoms with Gasteiger partial charge in [-0.3, -0.25) is 4.79 Å². The number of ether oxygens (including phenoxy) is 1. The van der Waals surface area contributed by atoms with Crippen LogP contribution in [-0.4, -0.2) is 15.1 Å². The summed E-state index contributed by atoms with van der Waals surface area (Å²) in [5, 5.41) is 12.4. The zero-order chi connectivity index (χ0) is 15.4. The van der Waals surface area contributed by atoms with Crippen LogP contribution in [0.1, 0.15) is 0 Å². The third-order valence-corrected chi connectivity index (χ3v) is 2.82. The fraction of sp³-hybridized carbons (Fsp3) is 0. The van der Waals surface area contributed by atoms with Gasteiger partial charge in [0.15, 0.2) is 5.69 Å². The van der Waals surface area contributed by atoms with Crippen LogP contribution in [0.5, 0.6) is 11.6 Å². The first-order valence-corrected chi connectivity index (χ1v) is 6.42. The molecular weight excluding hydrogens is 282 g/mol. The van der Waals surface area contributed by atoms with Crippen LogP contribution in [0, 0.1) is 0 Å². The van der Waals surface area contributed by atoms with Gasteiger partial charge >= 0.3 is 0 Å². The van der Waals surface area contributed by atoms with Crippen molar-refractivity contribution in [2.24, 2.45) is 0 Å². The first kappa shape index (κ1) is 13.5. The number of hydrogen-bond donors (Lipinski definition) is 3. The summed E-state index contributed by atoms with van der Waals surface area (Å²) in [6.07, 6.45) is 6.30. The average molecular weight is 293 g/mol. The highest BCUT2D eigenvalue weighted by Crippen LogP contribution is 2.23. The molecule has 1 aromatic carbocycles. The number of rotatable bonds is 4. The molecule has 1 aromatic heterocycles. The fourth-order valence-corrected chi connectivity index (χ4v) is 1.79. The van der Waals surface area contributed by atoms with Crippen LogP contribution < -0.4 is 15.6 Å². The Morgan fingerprint density at radius 3 is 2.73 bits per heavy atom. The van der Waals surface area contributed by atoms with Gasteiger partial charge in [0.25, 0.3) is 5.56 Å². The Balaban J connectivity index is 1.75. The number of nitrogens with zero attached hydrogens (tertiary/aromatic N) is 1. The number of aromatic nitrogens is 2. The molecule has 22 heavy (non-hydrogen) atoms. The molecule has 0 unspecified atom stereocenters. The van der Waals surface area contributed by atoms with Gasteiger partial charge in [-0.15, -0.1) is 0 Å². The van der Waals surface area contributed by atoms with E-state index in [2.05, 4.69) is 26.7 Å². The van der Waals surface area contributed by atoms with E-state index in [4.69, 9.17) is 4.74 Å². The molecule has 0 bridgehead atoms. The molecule has 1 aliphatic carbocycles. The molecule has 108 valence electrons. The number of benzene rings is 1. The van der Waals surface area contributed by atoms with Crippen molar-refractivity contribution in [3.63, 3.8) is 0 Å². The van der Waals surface area contributed by atoms with E-state index in [0.29, 0.717) is 17.2 Å². The molecule has 3 N–H and O–H groups in total. The number of aromatic hydroxyl groups is 1. The van der Waals surface area contributed by atoms with Crippen LogP contribution in [0.2, 0.25) is 0 Å². The fourth-order valence-electron chi connectivity index (χ4n) is 1.79. The Hall–Kier alpha value is -3.46. The Bertz CT molecular complexity index is 882. The molecule has 0 radical (unpaired) electrons. The molecular formula is C16H11N3O3. The topological polar surface area (TPSA) is 87.2 Å². The van der Waals surface area contributed by atoms with Crippen LogP contribution in [0.3, 0.4) is 0 Å². The van der Waals surface area contributed by atoms with E-state index in [1.807, 2.05) is 0 Å². The zero-order valence-corrected chi connectivity index (χ0v) is 11.3. The predicted octanol–water partition coefficient (Wildman–Crippen LogP) is 2.36. The van der Waals surface area contributed by atoms with Crippen LogP contribution >= 0.6 is 0 Å². The van der Waals surface area contributed by atoms with Gasteiger partial charge in [0, 0.05) is 11.8 Å². The Morgan fingerprint density at radius 2 is 2.05 bits per heavy atom. The van der Waals surface area contributed by atoms with Gasteiger partial charge in [-0.25, -0.2) is 4.98 Å². The van der Waals surface area contributed by atoms with E-state index >= 15 is 0 Å². The number of aromatic amines is 1. The molecule has 3 rings (SSSR count). The van der Waals surface area contributed by atoms with Crippen LogP contribution in [0.15, 0.2) is 70.8 Å². The van der Waals surface area contributed by atoms with E-state index < -0.39 is 5.56 Å². The van der Waals surface area contributed by atoms with Crippen molar-refractivity contribution in [2.75, 3.05) is 5.32 Å². The minimum atomic E-state index is -0.455. The van der Waals surface area contributed by atoms with Crippen molar-refractivity contribution in [1.82, 2.24) is 9.97 Å². The largest absolute Gasteiger partial charge is 0.492 e. The van der Waals surface area contributed by atoms with E-state index in [1.54, 1.807) is 42.5 Å². The van der Waals surface area contributed by atoms with Gasteiger partial charge in [0.05, 0.1) is 6.33 Å². The van der Waals surface area contributed by atoms with Crippen LogP contribution in [0.25, 0.3) is 0 Å². The number of H-pyrrole nitrogens is 1. The van der Waals surface area contributed by atoms with Crippen molar-refractivity contribution < 1.29 is 9.84 Å². The number of nitrogens with one attached hydrogen (secondary N) is 2. The van der Waals surface area contributed by atoms with E-state index in [1.165, 1.54) is 0 Å². The molecule has 0 saturated carbocycles. The van der Waals surface area contributed by atoms with Gasteiger partial charge in [0.1, 0.15) is 11.5 Å². The molecule has 1 heterocycles. The molecule has 0 aliphatic heterocycles. The van der Waals surface area contributed by atoms with Gasteiger partial charge in [-0.05, 0) is 36.4 Å². The lowest BCUT2D eigenvalue weighted by Gasteiger charge is -2.09. The number of anilines is 2. The second-order valence-electron chi connectivity index (χ2n) is 4.35. The van der Waals surface area contributed by atoms with Crippen molar-refractivity contribution in [1.29, 1.82) is 0 Å². The van der Waals surface area contributed by atoms with Gasteiger partial charge in [0.2, 0.25) is 5.88 Å². The van der Waals surface area contributed by atoms with Crippen molar-refractivity contribution in [3.05, 3.63) is 76.4 Å². The first-order chi connectivity index (χ1) is 10.7. The average Bonchev–Trinajstić information content (AvgIpc) is 2.54. The molecule has 6 nitrogen and oxygen atoms in total. The van der Waals surface area contributed by atoms with E-state index in [0.717, 1.165) is 6.33 Å². The Labute approximate surface area is 125 Å². The maximum Gasteiger partial charge on any atom is 0.278 e. The monoisotopic (exact) mass is 293 g/mol. The molecule has 0 fully saturated rings. The van der Waals surface area contributed by atoms with Crippen molar-refractivity contribution in [2.45, 2.75) is 0 Å². The van der Waals surface area contributed by atoms with Crippen LogP contribution in [0.4, 0.5) is 11.4 Å².